The highest BCUT2D eigenvalue weighted by atomic mass is 35.5. The van der Waals surface area contributed by atoms with Crippen LogP contribution in [-0.4, -0.2) is 34.5 Å². The number of amides is 1. The van der Waals surface area contributed by atoms with Crippen molar-refractivity contribution < 1.29 is 19.1 Å². The van der Waals surface area contributed by atoms with Gasteiger partial charge in [-0.1, -0.05) is 11.6 Å². The fourth-order valence-corrected chi connectivity index (χ4v) is 2.33. The van der Waals surface area contributed by atoms with E-state index in [2.05, 4.69) is 0 Å². The number of carbonyl (C=O) groups excluding carboxylic acids is 1. The van der Waals surface area contributed by atoms with Crippen LogP contribution in [0, 0.1) is 5.82 Å². The number of benzene rings is 1. The zero-order valence-electron chi connectivity index (χ0n) is 9.40. The lowest BCUT2D eigenvalue weighted by Gasteiger charge is -2.21. The largest absolute Gasteiger partial charge is 0.480 e. The van der Waals surface area contributed by atoms with Gasteiger partial charge in [-0.05, 0) is 31.0 Å². The van der Waals surface area contributed by atoms with E-state index in [1.165, 1.54) is 11.0 Å². The average molecular weight is 272 g/mol. The summed E-state index contributed by atoms with van der Waals surface area (Å²) in [5.74, 6) is -2.15. The van der Waals surface area contributed by atoms with Gasteiger partial charge in [-0.2, -0.15) is 0 Å². The van der Waals surface area contributed by atoms with Crippen molar-refractivity contribution in [2.45, 2.75) is 18.9 Å². The zero-order valence-corrected chi connectivity index (χ0v) is 10.2. The molecule has 6 heteroatoms. The Morgan fingerprint density at radius 3 is 2.72 bits per heavy atom. The van der Waals surface area contributed by atoms with Crippen LogP contribution in [0.3, 0.4) is 0 Å². The third-order valence-corrected chi connectivity index (χ3v) is 3.13. The summed E-state index contributed by atoms with van der Waals surface area (Å²) in [7, 11) is 0. The van der Waals surface area contributed by atoms with Gasteiger partial charge in [0.15, 0.2) is 0 Å². The molecule has 1 N–H and O–H groups in total. The standard InChI is InChI=1S/C12H11ClFNO3/c13-8-4-7(5-9(14)6-8)11(16)15-3-1-2-10(15)12(17)18/h4-6,10H,1-3H2,(H,17,18). The van der Waals surface area contributed by atoms with Crippen molar-refractivity contribution in [3.8, 4) is 0 Å². The van der Waals surface area contributed by atoms with Gasteiger partial charge in [0.2, 0.25) is 0 Å². The molecular weight excluding hydrogens is 261 g/mol. The molecule has 1 saturated heterocycles. The number of likely N-dealkylation sites (tertiary alicyclic amines) is 1. The number of aliphatic carboxylic acids is 1. The second-order valence-electron chi connectivity index (χ2n) is 4.15. The number of hydrogen-bond acceptors (Lipinski definition) is 2. The molecule has 0 spiro atoms. The van der Waals surface area contributed by atoms with Crippen molar-refractivity contribution in [1.29, 1.82) is 0 Å². The fraction of sp³-hybridized carbons (Fsp3) is 0.333. The first kappa shape index (κ1) is 12.8. The Balaban J connectivity index is 2.28. The predicted molar refractivity (Wildman–Crippen MR) is 63.1 cm³/mol. The van der Waals surface area contributed by atoms with Crippen LogP contribution in [-0.2, 0) is 4.79 Å². The van der Waals surface area contributed by atoms with Crippen LogP contribution in [0.2, 0.25) is 5.02 Å². The molecule has 96 valence electrons. The second-order valence-corrected chi connectivity index (χ2v) is 4.59. The van der Waals surface area contributed by atoms with Gasteiger partial charge in [-0.3, -0.25) is 4.79 Å². The summed E-state index contributed by atoms with van der Waals surface area (Å²) >= 11 is 5.67. The molecule has 1 aliphatic heterocycles. The predicted octanol–water partition coefficient (Wildman–Crippen LogP) is 2.17. The minimum Gasteiger partial charge on any atom is -0.480 e. The van der Waals surface area contributed by atoms with Gasteiger partial charge in [-0.25, -0.2) is 9.18 Å². The van der Waals surface area contributed by atoms with Crippen LogP contribution >= 0.6 is 11.6 Å². The van der Waals surface area contributed by atoms with Crippen molar-refractivity contribution in [3.63, 3.8) is 0 Å². The molecule has 1 atom stereocenters. The van der Waals surface area contributed by atoms with Gasteiger partial charge in [0.1, 0.15) is 11.9 Å². The number of carboxylic acid groups (broad SMARTS) is 1. The van der Waals surface area contributed by atoms with E-state index in [-0.39, 0.29) is 10.6 Å². The maximum Gasteiger partial charge on any atom is 0.326 e. The van der Waals surface area contributed by atoms with Gasteiger partial charge in [0.05, 0.1) is 0 Å². The lowest BCUT2D eigenvalue weighted by Crippen LogP contribution is -2.40. The van der Waals surface area contributed by atoms with Gasteiger partial charge >= 0.3 is 5.97 Å². The highest BCUT2D eigenvalue weighted by Gasteiger charge is 2.34. The second kappa shape index (κ2) is 4.94. The van der Waals surface area contributed by atoms with Crippen LogP contribution in [0.25, 0.3) is 0 Å². The molecule has 18 heavy (non-hydrogen) atoms. The summed E-state index contributed by atoms with van der Waals surface area (Å²) in [6.07, 6.45) is 1.05. The van der Waals surface area contributed by atoms with Crippen LogP contribution in [0.15, 0.2) is 18.2 Å². The SMILES string of the molecule is O=C(O)C1CCCN1C(=O)c1cc(F)cc(Cl)c1. The summed E-state index contributed by atoms with van der Waals surface area (Å²) in [6.45, 7) is 0.365. The molecule has 1 aliphatic rings. The maximum atomic E-state index is 13.2. The first-order valence-corrected chi connectivity index (χ1v) is 5.86. The van der Waals surface area contributed by atoms with Crippen molar-refractivity contribution in [3.05, 3.63) is 34.6 Å². The molecule has 1 unspecified atom stereocenters. The summed E-state index contributed by atoms with van der Waals surface area (Å²) < 4.78 is 13.2. The van der Waals surface area contributed by atoms with Crippen LogP contribution < -0.4 is 0 Å². The van der Waals surface area contributed by atoms with Gasteiger partial charge in [0, 0.05) is 17.1 Å². The minimum absolute atomic E-state index is 0.0770. The Morgan fingerprint density at radius 2 is 2.11 bits per heavy atom. The topological polar surface area (TPSA) is 57.6 Å². The molecule has 0 aliphatic carbocycles. The third-order valence-electron chi connectivity index (χ3n) is 2.91. The lowest BCUT2D eigenvalue weighted by atomic mass is 10.1. The van der Waals surface area contributed by atoms with E-state index in [0.29, 0.717) is 19.4 Å². The van der Waals surface area contributed by atoms with E-state index in [0.717, 1.165) is 12.1 Å². The Labute approximate surface area is 108 Å². The molecule has 1 amide bonds. The van der Waals surface area contributed by atoms with E-state index in [9.17, 15) is 14.0 Å². The Hall–Kier alpha value is -1.62. The van der Waals surface area contributed by atoms with Crippen LogP contribution in [0.4, 0.5) is 4.39 Å². The third kappa shape index (κ3) is 2.46. The average Bonchev–Trinajstić information content (AvgIpc) is 2.75. The molecule has 0 bridgehead atoms. The Bertz CT molecular complexity index is 486. The zero-order chi connectivity index (χ0) is 13.3. The van der Waals surface area contributed by atoms with E-state index in [1.807, 2.05) is 0 Å². The van der Waals surface area contributed by atoms with Gasteiger partial charge in [0.25, 0.3) is 5.91 Å². The molecule has 0 radical (unpaired) electrons. The molecular formula is C12H11ClFNO3. The monoisotopic (exact) mass is 271 g/mol. The van der Waals surface area contributed by atoms with Crippen molar-refractivity contribution in [1.82, 2.24) is 4.90 Å². The van der Waals surface area contributed by atoms with Crippen LogP contribution in [0.5, 0.6) is 0 Å². The van der Waals surface area contributed by atoms with E-state index >= 15 is 0 Å². The molecule has 4 nitrogen and oxygen atoms in total. The van der Waals surface area contributed by atoms with E-state index < -0.39 is 23.7 Å². The van der Waals surface area contributed by atoms with Gasteiger partial charge < -0.3 is 10.0 Å². The number of nitrogens with zero attached hydrogens (tertiary/aromatic N) is 1. The molecule has 2 rings (SSSR count). The smallest absolute Gasteiger partial charge is 0.326 e. The Kier molecular flexibility index (Phi) is 3.52. The van der Waals surface area contributed by atoms with Crippen molar-refractivity contribution in [2.75, 3.05) is 6.54 Å². The molecule has 0 saturated carbocycles. The molecule has 1 fully saturated rings. The molecule has 1 aromatic carbocycles. The number of rotatable bonds is 2. The van der Waals surface area contributed by atoms with Crippen molar-refractivity contribution >= 4 is 23.5 Å². The summed E-state index contributed by atoms with van der Waals surface area (Å²) in [4.78, 5) is 24.3. The summed E-state index contributed by atoms with van der Waals surface area (Å²) in [5, 5.41) is 9.11. The van der Waals surface area contributed by atoms with E-state index in [1.54, 1.807) is 0 Å². The van der Waals surface area contributed by atoms with E-state index in [4.69, 9.17) is 16.7 Å². The van der Waals surface area contributed by atoms with Crippen LogP contribution in [0.1, 0.15) is 23.2 Å². The number of hydrogen-bond donors (Lipinski definition) is 1. The quantitative estimate of drug-likeness (QED) is 0.897. The van der Waals surface area contributed by atoms with Crippen molar-refractivity contribution in [2.24, 2.45) is 0 Å². The summed E-state index contributed by atoms with van der Waals surface area (Å²) in [5.41, 5.74) is 0.0770. The summed E-state index contributed by atoms with van der Waals surface area (Å²) in [6, 6.07) is 2.66. The number of carbonyl (C=O) groups is 2. The normalized spacial score (nSPS) is 19.0. The first-order valence-electron chi connectivity index (χ1n) is 5.49. The highest BCUT2D eigenvalue weighted by Crippen LogP contribution is 2.22. The fourth-order valence-electron chi connectivity index (χ4n) is 2.11. The number of carboxylic acids is 1. The number of halogens is 2. The maximum absolute atomic E-state index is 13.2. The van der Waals surface area contributed by atoms with Gasteiger partial charge in [-0.15, -0.1) is 0 Å². The molecule has 0 aromatic heterocycles. The first-order chi connectivity index (χ1) is 8.49. The minimum atomic E-state index is -1.04. The Morgan fingerprint density at radius 1 is 1.39 bits per heavy atom. The molecule has 1 heterocycles. The molecule has 1 aromatic rings. The highest BCUT2D eigenvalue weighted by molar-refractivity contribution is 6.31. The lowest BCUT2D eigenvalue weighted by molar-refractivity contribution is -0.141.